The van der Waals surface area contributed by atoms with Gasteiger partial charge in [0.2, 0.25) is 6.79 Å². The number of fused-ring (bicyclic) bond motifs is 2. The van der Waals surface area contributed by atoms with Crippen molar-refractivity contribution in [2.24, 2.45) is 4.99 Å². The highest BCUT2D eigenvalue weighted by atomic mass is 32.1. The van der Waals surface area contributed by atoms with Crippen molar-refractivity contribution in [3.63, 3.8) is 0 Å². The number of aromatic nitrogens is 2. The number of nitrogens with zero attached hydrogens (tertiary/aromatic N) is 3. The van der Waals surface area contributed by atoms with Gasteiger partial charge in [-0.05, 0) is 86.9 Å². The lowest BCUT2D eigenvalue weighted by Crippen LogP contribution is -2.40. The maximum atomic E-state index is 14.2. The van der Waals surface area contributed by atoms with Gasteiger partial charge in [-0.1, -0.05) is 30.7 Å². The fourth-order valence-electron chi connectivity index (χ4n) is 5.74. The molecule has 0 unspecified atom stereocenters. The SMILES string of the molecule is CCCC1=C(C(=O)OCC)[C@H](c2ccc3c(c2)OCO3)n2c(s/c(=C\c3cc(C)n(-c4ccc(C(=O)O)cc4)c3C)c2=O)=N1. The molecule has 0 aliphatic carbocycles. The monoisotopic (exact) mass is 613 g/mol. The number of allylic oxidation sites excluding steroid dienone is 1. The van der Waals surface area contributed by atoms with Crippen molar-refractivity contribution >= 4 is 29.4 Å². The second-order valence-corrected chi connectivity index (χ2v) is 11.5. The first-order chi connectivity index (χ1) is 21.2. The van der Waals surface area contributed by atoms with Crippen LogP contribution in [-0.4, -0.2) is 39.6 Å². The summed E-state index contributed by atoms with van der Waals surface area (Å²) in [6, 6.07) is 13.3. The number of hydrogen-bond donors (Lipinski definition) is 1. The van der Waals surface area contributed by atoms with E-state index in [1.54, 1.807) is 41.8 Å². The van der Waals surface area contributed by atoms with Crippen LogP contribution in [0.2, 0.25) is 0 Å². The quantitative estimate of drug-likeness (QED) is 0.292. The Bertz CT molecular complexity index is 2010. The number of benzene rings is 2. The molecular formula is C33H31N3O7S. The number of esters is 1. The summed E-state index contributed by atoms with van der Waals surface area (Å²) in [6.07, 6.45) is 3.14. The summed E-state index contributed by atoms with van der Waals surface area (Å²) < 4.78 is 20.7. The number of carboxylic acids is 1. The van der Waals surface area contributed by atoms with Crippen molar-refractivity contribution in [2.45, 2.75) is 46.6 Å². The predicted octanol–water partition coefficient (Wildman–Crippen LogP) is 4.41. The van der Waals surface area contributed by atoms with E-state index in [1.165, 1.54) is 11.3 Å². The average molecular weight is 614 g/mol. The molecule has 2 aromatic heterocycles. The number of rotatable bonds is 8. The van der Waals surface area contributed by atoms with E-state index in [1.807, 2.05) is 49.6 Å². The maximum absolute atomic E-state index is 14.2. The highest BCUT2D eigenvalue weighted by Gasteiger charge is 2.35. The largest absolute Gasteiger partial charge is 0.478 e. The topological polar surface area (TPSA) is 121 Å². The molecule has 0 radical (unpaired) electrons. The minimum Gasteiger partial charge on any atom is -0.478 e. The second-order valence-electron chi connectivity index (χ2n) is 10.5. The van der Waals surface area contributed by atoms with Gasteiger partial charge in [-0.2, -0.15) is 0 Å². The molecule has 0 saturated heterocycles. The zero-order valence-corrected chi connectivity index (χ0v) is 25.6. The summed E-state index contributed by atoms with van der Waals surface area (Å²) >= 11 is 1.27. The van der Waals surface area contributed by atoms with Gasteiger partial charge in [-0.15, -0.1) is 0 Å². The molecule has 4 aromatic rings. The Labute approximate surface area is 256 Å². The van der Waals surface area contributed by atoms with Gasteiger partial charge in [0.25, 0.3) is 5.56 Å². The van der Waals surface area contributed by atoms with Crippen molar-refractivity contribution < 1.29 is 28.9 Å². The van der Waals surface area contributed by atoms with E-state index >= 15 is 0 Å². The van der Waals surface area contributed by atoms with Gasteiger partial charge in [-0.3, -0.25) is 9.36 Å². The highest BCUT2D eigenvalue weighted by Crippen LogP contribution is 2.39. The van der Waals surface area contributed by atoms with Gasteiger partial charge in [0, 0.05) is 17.1 Å². The van der Waals surface area contributed by atoms with Crippen LogP contribution >= 0.6 is 11.3 Å². The van der Waals surface area contributed by atoms with Crippen molar-refractivity contribution in [3.8, 4) is 17.2 Å². The zero-order chi connectivity index (χ0) is 31.1. The third-order valence-electron chi connectivity index (χ3n) is 7.73. The van der Waals surface area contributed by atoms with Crippen LogP contribution in [-0.2, 0) is 9.53 Å². The number of aryl methyl sites for hydroxylation is 1. The smallest absolute Gasteiger partial charge is 0.338 e. The number of carbonyl (C=O) groups excluding carboxylic acids is 1. The minimum absolute atomic E-state index is 0.102. The third-order valence-corrected chi connectivity index (χ3v) is 8.72. The van der Waals surface area contributed by atoms with Crippen LogP contribution in [0.15, 0.2) is 69.6 Å². The van der Waals surface area contributed by atoms with E-state index in [4.69, 9.17) is 19.2 Å². The molecule has 2 aliphatic rings. The summed E-state index contributed by atoms with van der Waals surface area (Å²) in [5.41, 5.74) is 5.05. The summed E-state index contributed by atoms with van der Waals surface area (Å²) in [7, 11) is 0. The molecule has 4 heterocycles. The van der Waals surface area contributed by atoms with Crippen LogP contribution < -0.4 is 24.4 Å². The molecule has 10 nitrogen and oxygen atoms in total. The number of aromatic carboxylic acids is 1. The fraction of sp³-hybridized carbons (Fsp3) is 0.273. The van der Waals surface area contributed by atoms with Crippen LogP contribution in [0.4, 0.5) is 0 Å². The first-order valence-electron chi connectivity index (χ1n) is 14.4. The molecule has 0 saturated carbocycles. The Morgan fingerprint density at radius 3 is 2.55 bits per heavy atom. The van der Waals surface area contributed by atoms with Crippen molar-refractivity contribution in [1.29, 1.82) is 0 Å². The van der Waals surface area contributed by atoms with Gasteiger partial charge in [0.05, 0.1) is 34.0 Å². The van der Waals surface area contributed by atoms with Gasteiger partial charge in [0.1, 0.15) is 0 Å². The van der Waals surface area contributed by atoms with Crippen molar-refractivity contribution in [1.82, 2.24) is 9.13 Å². The van der Waals surface area contributed by atoms with E-state index in [-0.39, 0.29) is 24.5 Å². The van der Waals surface area contributed by atoms with E-state index in [0.717, 1.165) is 29.1 Å². The third kappa shape index (κ3) is 5.02. The molecule has 0 amide bonds. The fourth-order valence-corrected chi connectivity index (χ4v) is 6.76. The molecule has 0 spiro atoms. The predicted molar refractivity (Wildman–Crippen MR) is 164 cm³/mol. The first-order valence-corrected chi connectivity index (χ1v) is 15.2. The van der Waals surface area contributed by atoms with Crippen LogP contribution in [0.1, 0.15) is 65.6 Å². The Morgan fingerprint density at radius 2 is 1.84 bits per heavy atom. The van der Waals surface area contributed by atoms with Gasteiger partial charge in [-0.25, -0.2) is 14.6 Å². The molecule has 11 heteroatoms. The minimum atomic E-state index is -0.985. The highest BCUT2D eigenvalue weighted by molar-refractivity contribution is 7.07. The van der Waals surface area contributed by atoms with Crippen molar-refractivity contribution in [3.05, 3.63) is 108 Å². The second kappa shape index (κ2) is 11.6. The molecule has 2 aromatic carbocycles. The lowest BCUT2D eigenvalue weighted by Gasteiger charge is -2.25. The Balaban J connectivity index is 1.52. The van der Waals surface area contributed by atoms with E-state index in [0.29, 0.717) is 44.1 Å². The van der Waals surface area contributed by atoms with Crippen LogP contribution in [0.25, 0.3) is 11.8 Å². The van der Waals surface area contributed by atoms with Crippen molar-refractivity contribution in [2.75, 3.05) is 13.4 Å². The molecule has 6 rings (SSSR count). The Hall–Kier alpha value is -4.90. The molecule has 0 bridgehead atoms. The first kappa shape index (κ1) is 29.2. The van der Waals surface area contributed by atoms with Gasteiger partial charge < -0.3 is 23.9 Å². The normalized spacial score (nSPS) is 15.7. The number of ether oxygens (including phenoxy) is 3. The van der Waals surface area contributed by atoms with Crippen LogP contribution in [0, 0.1) is 13.8 Å². The van der Waals surface area contributed by atoms with Crippen LogP contribution in [0.5, 0.6) is 11.5 Å². The molecule has 2 aliphatic heterocycles. The summed E-state index contributed by atoms with van der Waals surface area (Å²) in [5, 5.41) is 9.28. The Kier molecular flexibility index (Phi) is 7.73. The molecule has 1 atom stereocenters. The number of carboxylic acid groups (broad SMARTS) is 1. The molecule has 0 fully saturated rings. The molecular weight excluding hydrogens is 582 g/mol. The van der Waals surface area contributed by atoms with Gasteiger partial charge >= 0.3 is 11.9 Å². The zero-order valence-electron chi connectivity index (χ0n) is 24.7. The molecule has 44 heavy (non-hydrogen) atoms. The van der Waals surface area contributed by atoms with Crippen LogP contribution in [0.3, 0.4) is 0 Å². The lowest BCUT2D eigenvalue weighted by molar-refractivity contribution is -0.139. The molecule has 226 valence electrons. The number of carbonyl (C=O) groups is 2. The standard InChI is InChI=1S/C33H31N3O7S/c1-5-7-24-28(32(40)41-6-2)29(21-10-13-25-26(15-21)43-17-42-25)36-30(37)27(44-33(36)34-24)16-22-14-18(3)35(19(22)4)23-11-8-20(9-12-23)31(38)39/h8-16,29H,5-7,17H2,1-4H3,(H,38,39)/b27-16-/t29-/m0/s1. The number of thiazole rings is 1. The average Bonchev–Trinajstić information content (AvgIpc) is 3.67. The summed E-state index contributed by atoms with van der Waals surface area (Å²) in [5.74, 6) is -0.342. The van der Waals surface area contributed by atoms with E-state index in [2.05, 4.69) is 0 Å². The van der Waals surface area contributed by atoms with E-state index < -0.39 is 18.0 Å². The number of hydrogen-bond acceptors (Lipinski definition) is 8. The van der Waals surface area contributed by atoms with E-state index in [9.17, 15) is 19.5 Å². The lowest BCUT2D eigenvalue weighted by atomic mass is 9.94. The Morgan fingerprint density at radius 1 is 1.09 bits per heavy atom. The summed E-state index contributed by atoms with van der Waals surface area (Å²) in [4.78, 5) is 44.3. The van der Waals surface area contributed by atoms with Gasteiger partial charge in [0.15, 0.2) is 16.3 Å². The summed E-state index contributed by atoms with van der Waals surface area (Å²) in [6.45, 7) is 7.97. The maximum Gasteiger partial charge on any atom is 0.338 e. The molecule has 1 N–H and O–H groups in total.